The lowest BCUT2D eigenvalue weighted by molar-refractivity contribution is -0.143. The van der Waals surface area contributed by atoms with E-state index in [0.717, 1.165) is 12.1 Å². The molecule has 2 aromatic carbocycles. The van der Waals surface area contributed by atoms with Crippen molar-refractivity contribution in [3.8, 4) is 5.75 Å². The predicted molar refractivity (Wildman–Crippen MR) is 87.8 cm³/mol. The van der Waals surface area contributed by atoms with Gasteiger partial charge in [0.1, 0.15) is 5.75 Å². The molecule has 6 nitrogen and oxygen atoms in total. The van der Waals surface area contributed by atoms with Gasteiger partial charge in [-0.1, -0.05) is 0 Å². The maximum absolute atomic E-state index is 12.9. The van der Waals surface area contributed by atoms with Crippen molar-refractivity contribution in [3.05, 3.63) is 47.5 Å². The second kappa shape index (κ2) is 6.83. The second-order valence-electron chi connectivity index (χ2n) is 5.89. The zero-order valence-electron chi connectivity index (χ0n) is 14.0. The molecule has 0 unspecified atom stereocenters. The first-order valence-electron chi connectivity index (χ1n) is 7.65. The third-order valence-electron chi connectivity index (χ3n) is 3.73. The molecular formula is C16H10F6N2O4S. The van der Waals surface area contributed by atoms with E-state index < -0.39 is 50.0 Å². The van der Waals surface area contributed by atoms with Crippen molar-refractivity contribution >= 4 is 27.3 Å². The normalized spacial score (nSPS) is 14.6. The van der Waals surface area contributed by atoms with Crippen molar-refractivity contribution in [2.24, 2.45) is 0 Å². The maximum Gasteiger partial charge on any atom is 0.416 e. The number of hydrogen-bond acceptors (Lipinski definition) is 4. The Morgan fingerprint density at radius 3 is 2.07 bits per heavy atom. The summed E-state index contributed by atoms with van der Waals surface area (Å²) in [6.07, 6.45) is -10.3. The summed E-state index contributed by atoms with van der Waals surface area (Å²) in [6, 6.07) is 3.55. The molecule has 0 radical (unpaired) electrons. The Morgan fingerprint density at radius 1 is 0.931 bits per heavy atom. The van der Waals surface area contributed by atoms with Crippen LogP contribution < -0.4 is 14.8 Å². The standard InChI is InChI=1S/C16H10F6N2O4S/c17-15(18,19)8-3-9(16(20,21)22)5-10(4-8)24-29(26,27)11-1-2-13-12(6-11)23-14(25)7-28-13/h1-6,24H,7H2,(H,23,25). The first-order valence-corrected chi connectivity index (χ1v) is 9.13. The van der Waals surface area contributed by atoms with E-state index in [0.29, 0.717) is 0 Å². The highest BCUT2D eigenvalue weighted by Gasteiger charge is 2.37. The number of benzene rings is 2. The topological polar surface area (TPSA) is 84.5 Å². The van der Waals surface area contributed by atoms with E-state index in [1.807, 2.05) is 0 Å². The Kier molecular flexibility index (Phi) is 4.89. The highest BCUT2D eigenvalue weighted by atomic mass is 32.2. The fraction of sp³-hybridized carbons (Fsp3) is 0.188. The summed E-state index contributed by atoms with van der Waals surface area (Å²) in [4.78, 5) is 10.8. The van der Waals surface area contributed by atoms with Crippen LogP contribution in [-0.4, -0.2) is 20.9 Å². The molecule has 1 amide bonds. The van der Waals surface area contributed by atoms with Gasteiger partial charge >= 0.3 is 12.4 Å². The van der Waals surface area contributed by atoms with Gasteiger partial charge in [0.25, 0.3) is 15.9 Å². The fourth-order valence-electron chi connectivity index (χ4n) is 2.46. The smallest absolute Gasteiger partial charge is 0.416 e. The quantitative estimate of drug-likeness (QED) is 0.711. The summed E-state index contributed by atoms with van der Waals surface area (Å²) in [5.41, 5.74) is -4.28. The SMILES string of the molecule is O=C1COc2ccc(S(=O)(=O)Nc3cc(C(F)(F)F)cc(C(F)(F)F)c3)cc2N1. The molecule has 29 heavy (non-hydrogen) atoms. The van der Waals surface area contributed by atoms with Gasteiger partial charge in [-0.2, -0.15) is 26.3 Å². The fourth-order valence-corrected chi connectivity index (χ4v) is 3.52. The van der Waals surface area contributed by atoms with Crippen LogP contribution in [0, 0.1) is 0 Å². The van der Waals surface area contributed by atoms with E-state index in [-0.39, 0.29) is 36.2 Å². The Bertz CT molecular complexity index is 1050. The Morgan fingerprint density at radius 2 is 1.52 bits per heavy atom. The summed E-state index contributed by atoms with van der Waals surface area (Å²) < 4.78 is 109. The Balaban J connectivity index is 2.00. The lowest BCUT2D eigenvalue weighted by Crippen LogP contribution is -2.25. The van der Waals surface area contributed by atoms with Crippen molar-refractivity contribution in [1.82, 2.24) is 0 Å². The van der Waals surface area contributed by atoms with Gasteiger partial charge in [-0.3, -0.25) is 9.52 Å². The molecule has 156 valence electrons. The van der Waals surface area contributed by atoms with Crippen molar-refractivity contribution in [2.75, 3.05) is 16.6 Å². The molecule has 1 aliphatic heterocycles. The third kappa shape index (κ3) is 4.55. The average Bonchev–Trinajstić information content (AvgIpc) is 2.59. The number of hydrogen-bond donors (Lipinski definition) is 2. The first kappa shape index (κ1) is 20.8. The van der Waals surface area contributed by atoms with Gasteiger partial charge in [0.15, 0.2) is 6.61 Å². The number of ether oxygens (including phenoxy) is 1. The summed E-state index contributed by atoms with van der Waals surface area (Å²) in [5.74, 6) is -0.408. The molecule has 0 bridgehead atoms. The van der Waals surface area contributed by atoms with Crippen molar-refractivity contribution < 1.29 is 44.3 Å². The number of amides is 1. The van der Waals surface area contributed by atoms with Crippen LogP contribution in [0.4, 0.5) is 37.7 Å². The number of rotatable bonds is 3. The van der Waals surface area contributed by atoms with Crippen molar-refractivity contribution in [1.29, 1.82) is 0 Å². The van der Waals surface area contributed by atoms with E-state index in [4.69, 9.17) is 4.74 Å². The molecule has 0 atom stereocenters. The van der Waals surface area contributed by atoms with Crippen LogP contribution in [0.2, 0.25) is 0 Å². The number of anilines is 2. The number of fused-ring (bicyclic) bond motifs is 1. The van der Waals surface area contributed by atoms with Gasteiger partial charge in [-0.25, -0.2) is 8.42 Å². The monoisotopic (exact) mass is 440 g/mol. The molecule has 0 saturated heterocycles. The average molecular weight is 440 g/mol. The summed E-state index contributed by atoms with van der Waals surface area (Å²) in [7, 11) is -4.58. The highest BCUT2D eigenvalue weighted by Crippen LogP contribution is 2.38. The van der Waals surface area contributed by atoms with E-state index in [2.05, 4.69) is 5.32 Å². The summed E-state index contributed by atoms with van der Waals surface area (Å²) in [6.45, 7) is -0.290. The molecule has 0 spiro atoms. The predicted octanol–water partition coefficient (Wildman–Crippen LogP) is 3.86. The van der Waals surface area contributed by atoms with E-state index in [9.17, 15) is 39.6 Å². The first-order chi connectivity index (χ1) is 13.3. The van der Waals surface area contributed by atoms with Crippen LogP contribution in [0.5, 0.6) is 5.75 Å². The molecule has 1 heterocycles. The van der Waals surface area contributed by atoms with E-state index in [1.54, 1.807) is 4.72 Å². The molecule has 3 rings (SSSR count). The van der Waals surface area contributed by atoms with Crippen LogP contribution >= 0.6 is 0 Å². The summed E-state index contributed by atoms with van der Waals surface area (Å²) in [5, 5.41) is 2.34. The molecule has 0 aromatic heterocycles. The summed E-state index contributed by atoms with van der Waals surface area (Å²) >= 11 is 0. The van der Waals surface area contributed by atoms with Gasteiger partial charge in [0.05, 0.1) is 27.4 Å². The van der Waals surface area contributed by atoms with Crippen LogP contribution in [0.3, 0.4) is 0 Å². The molecule has 0 aliphatic carbocycles. The lowest BCUT2D eigenvalue weighted by atomic mass is 10.1. The van der Waals surface area contributed by atoms with Gasteiger partial charge in [0.2, 0.25) is 0 Å². The third-order valence-corrected chi connectivity index (χ3v) is 5.11. The molecule has 13 heteroatoms. The van der Waals surface area contributed by atoms with E-state index in [1.165, 1.54) is 6.07 Å². The number of sulfonamides is 1. The minimum Gasteiger partial charge on any atom is -0.482 e. The zero-order chi connectivity index (χ0) is 21.6. The number of carbonyl (C=O) groups excluding carboxylic acids is 1. The number of alkyl halides is 6. The van der Waals surface area contributed by atoms with Crippen LogP contribution in [-0.2, 0) is 27.2 Å². The van der Waals surface area contributed by atoms with Crippen molar-refractivity contribution in [2.45, 2.75) is 17.2 Å². The molecule has 1 aliphatic rings. The van der Waals surface area contributed by atoms with Gasteiger partial charge in [0, 0.05) is 0 Å². The van der Waals surface area contributed by atoms with Crippen LogP contribution in [0.25, 0.3) is 0 Å². The highest BCUT2D eigenvalue weighted by molar-refractivity contribution is 7.92. The van der Waals surface area contributed by atoms with Gasteiger partial charge < -0.3 is 10.1 Å². The molecular weight excluding hydrogens is 430 g/mol. The number of nitrogens with one attached hydrogen (secondary N) is 2. The molecule has 2 aromatic rings. The molecule has 0 saturated carbocycles. The second-order valence-corrected chi connectivity index (χ2v) is 7.58. The minimum absolute atomic E-state index is 0.0100. The van der Waals surface area contributed by atoms with Crippen LogP contribution in [0.1, 0.15) is 11.1 Å². The molecule has 2 N–H and O–H groups in total. The Labute approximate surface area is 159 Å². The zero-order valence-corrected chi connectivity index (χ0v) is 14.8. The van der Waals surface area contributed by atoms with Crippen LogP contribution in [0.15, 0.2) is 41.3 Å². The maximum atomic E-state index is 12.9. The van der Waals surface area contributed by atoms with Gasteiger partial charge in [-0.15, -0.1) is 0 Å². The largest absolute Gasteiger partial charge is 0.482 e. The number of carbonyl (C=O) groups is 1. The van der Waals surface area contributed by atoms with Gasteiger partial charge in [-0.05, 0) is 36.4 Å². The number of halogens is 6. The molecule has 0 fully saturated rings. The van der Waals surface area contributed by atoms with Crippen molar-refractivity contribution in [3.63, 3.8) is 0 Å². The van der Waals surface area contributed by atoms with E-state index >= 15 is 0 Å². The minimum atomic E-state index is -5.13. The Hall–Kier alpha value is -2.96. The lowest BCUT2D eigenvalue weighted by Gasteiger charge is -2.19.